The predicted octanol–water partition coefficient (Wildman–Crippen LogP) is 3.96. The van der Waals surface area contributed by atoms with Crippen LogP contribution in [0.5, 0.6) is 0 Å². The van der Waals surface area contributed by atoms with Crippen LogP contribution in [0.3, 0.4) is 0 Å². The molecule has 0 N–H and O–H groups in total. The zero-order valence-corrected chi connectivity index (χ0v) is 15.7. The number of nitro groups is 1. The van der Waals surface area contributed by atoms with Gasteiger partial charge in [0.2, 0.25) is 0 Å². The Morgan fingerprint density at radius 3 is 2.65 bits per heavy atom. The Morgan fingerprint density at radius 2 is 2.08 bits per heavy atom. The summed E-state index contributed by atoms with van der Waals surface area (Å²) in [5.41, 5.74) is -0.572. The Morgan fingerprint density at radius 1 is 1.38 bits per heavy atom. The minimum Gasteiger partial charge on any atom is -0.444 e. The standard InChI is InChI=1S/C18H26FN3O4/c1-18(2,3)26-17(23)21-10-6-5-7-14(12-21)20(4)16-9-8-13(22(24)25)11-15(16)19/h8-9,11,14H,5-7,10,12H2,1-4H3/t14-/m1/s1. The maximum Gasteiger partial charge on any atom is 0.410 e. The summed E-state index contributed by atoms with van der Waals surface area (Å²) >= 11 is 0. The number of nitro benzene ring substituents is 1. The molecule has 1 saturated heterocycles. The molecule has 1 aromatic rings. The molecule has 0 spiro atoms. The number of non-ortho nitro benzene ring substituents is 1. The number of hydrogen-bond acceptors (Lipinski definition) is 5. The average molecular weight is 367 g/mol. The summed E-state index contributed by atoms with van der Waals surface area (Å²) in [6.45, 7) is 6.47. The summed E-state index contributed by atoms with van der Waals surface area (Å²) in [6, 6.07) is 3.53. The Hall–Kier alpha value is -2.38. The molecule has 1 heterocycles. The lowest BCUT2D eigenvalue weighted by Crippen LogP contribution is -2.45. The van der Waals surface area contributed by atoms with Crippen LogP contribution in [0.15, 0.2) is 18.2 Å². The van der Waals surface area contributed by atoms with Crippen LogP contribution in [0.2, 0.25) is 0 Å². The first-order chi connectivity index (χ1) is 12.1. The van der Waals surface area contributed by atoms with Crippen molar-refractivity contribution in [3.05, 3.63) is 34.1 Å². The lowest BCUT2D eigenvalue weighted by atomic mass is 10.1. The first-order valence-corrected chi connectivity index (χ1v) is 8.73. The van der Waals surface area contributed by atoms with E-state index in [1.807, 2.05) is 20.8 Å². The normalized spacial score (nSPS) is 18.2. The van der Waals surface area contributed by atoms with Gasteiger partial charge in [-0.15, -0.1) is 0 Å². The van der Waals surface area contributed by atoms with Crippen LogP contribution in [0, 0.1) is 15.9 Å². The molecule has 1 aliphatic heterocycles. The van der Waals surface area contributed by atoms with E-state index in [4.69, 9.17) is 4.74 Å². The van der Waals surface area contributed by atoms with Crippen molar-refractivity contribution in [1.29, 1.82) is 0 Å². The molecule has 1 atom stereocenters. The highest BCUT2D eigenvalue weighted by molar-refractivity contribution is 5.68. The maximum absolute atomic E-state index is 14.3. The van der Waals surface area contributed by atoms with Gasteiger partial charge in [0, 0.05) is 32.2 Å². The number of likely N-dealkylation sites (N-methyl/N-ethyl adjacent to an activating group) is 1. The van der Waals surface area contributed by atoms with Gasteiger partial charge in [-0.25, -0.2) is 9.18 Å². The van der Waals surface area contributed by atoms with Gasteiger partial charge in [-0.3, -0.25) is 10.1 Å². The van der Waals surface area contributed by atoms with Crippen LogP contribution in [-0.4, -0.2) is 47.7 Å². The minimum absolute atomic E-state index is 0.0963. The summed E-state index contributed by atoms with van der Waals surface area (Å²) in [6.07, 6.45) is 2.18. The first-order valence-electron chi connectivity index (χ1n) is 8.73. The third kappa shape index (κ3) is 5.06. The third-order valence-corrected chi connectivity index (χ3v) is 4.37. The van der Waals surface area contributed by atoms with Gasteiger partial charge in [0.1, 0.15) is 5.60 Å². The molecule has 0 saturated carbocycles. The van der Waals surface area contributed by atoms with Crippen molar-refractivity contribution in [3.63, 3.8) is 0 Å². The van der Waals surface area contributed by atoms with E-state index in [0.29, 0.717) is 13.1 Å². The van der Waals surface area contributed by atoms with Crippen molar-refractivity contribution in [1.82, 2.24) is 4.90 Å². The van der Waals surface area contributed by atoms with Crippen LogP contribution < -0.4 is 4.90 Å². The molecule has 1 aromatic carbocycles. The number of hydrogen-bond donors (Lipinski definition) is 0. The quantitative estimate of drug-likeness (QED) is 0.597. The second-order valence-electron chi connectivity index (χ2n) is 7.58. The number of amides is 1. The summed E-state index contributed by atoms with van der Waals surface area (Å²) in [4.78, 5) is 26.0. The number of halogens is 1. The number of likely N-dealkylation sites (tertiary alicyclic amines) is 1. The molecule has 0 radical (unpaired) electrons. The molecular weight excluding hydrogens is 341 g/mol. The number of carbonyl (C=O) groups is 1. The first kappa shape index (κ1) is 19.9. The summed E-state index contributed by atoms with van der Waals surface area (Å²) < 4.78 is 19.8. The number of rotatable bonds is 3. The molecule has 26 heavy (non-hydrogen) atoms. The van der Waals surface area contributed by atoms with E-state index >= 15 is 0 Å². The lowest BCUT2D eigenvalue weighted by Gasteiger charge is -2.33. The summed E-state index contributed by atoms with van der Waals surface area (Å²) in [7, 11) is 1.74. The largest absolute Gasteiger partial charge is 0.444 e. The Kier molecular flexibility index (Phi) is 6.05. The highest BCUT2D eigenvalue weighted by Gasteiger charge is 2.29. The Bertz CT molecular complexity index is 675. The highest BCUT2D eigenvalue weighted by Crippen LogP contribution is 2.27. The molecule has 0 aromatic heterocycles. The number of nitrogens with zero attached hydrogens (tertiary/aromatic N) is 3. The zero-order chi connectivity index (χ0) is 19.5. The van der Waals surface area contributed by atoms with Gasteiger partial charge in [-0.2, -0.15) is 0 Å². The molecule has 1 aliphatic rings. The fraction of sp³-hybridized carbons (Fsp3) is 0.611. The fourth-order valence-electron chi connectivity index (χ4n) is 3.02. The van der Waals surface area contributed by atoms with Crippen LogP contribution in [0.25, 0.3) is 0 Å². The predicted molar refractivity (Wildman–Crippen MR) is 96.9 cm³/mol. The van der Waals surface area contributed by atoms with Crippen LogP contribution in [0.4, 0.5) is 20.6 Å². The van der Waals surface area contributed by atoms with Gasteiger partial charge < -0.3 is 14.5 Å². The maximum atomic E-state index is 14.3. The summed E-state index contributed by atoms with van der Waals surface area (Å²) in [5, 5.41) is 10.8. The Balaban J connectivity index is 2.15. The molecule has 0 unspecified atom stereocenters. The van der Waals surface area contributed by atoms with Crippen molar-refractivity contribution in [2.45, 2.75) is 51.7 Å². The molecule has 8 heteroatoms. The molecular formula is C18H26FN3O4. The van der Waals surface area contributed by atoms with Gasteiger partial charge in [-0.1, -0.05) is 0 Å². The third-order valence-electron chi connectivity index (χ3n) is 4.37. The number of anilines is 1. The molecule has 1 fully saturated rings. The number of benzene rings is 1. The Labute approximate surface area is 152 Å². The van der Waals surface area contributed by atoms with Crippen LogP contribution in [0.1, 0.15) is 40.0 Å². The van der Waals surface area contributed by atoms with E-state index in [1.54, 1.807) is 16.8 Å². The van der Waals surface area contributed by atoms with Crippen molar-refractivity contribution < 1.29 is 18.8 Å². The smallest absolute Gasteiger partial charge is 0.410 e. The van der Waals surface area contributed by atoms with Gasteiger partial charge >= 0.3 is 6.09 Å². The molecule has 0 bridgehead atoms. The van der Waals surface area contributed by atoms with Crippen LogP contribution in [-0.2, 0) is 4.74 Å². The molecule has 1 amide bonds. The van der Waals surface area contributed by atoms with E-state index in [2.05, 4.69) is 0 Å². The highest BCUT2D eigenvalue weighted by atomic mass is 19.1. The van der Waals surface area contributed by atoms with Crippen molar-refractivity contribution >= 4 is 17.5 Å². The average Bonchev–Trinajstić information content (AvgIpc) is 2.78. The van der Waals surface area contributed by atoms with E-state index in [9.17, 15) is 19.3 Å². The van der Waals surface area contributed by atoms with Crippen molar-refractivity contribution in [2.24, 2.45) is 0 Å². The van der Waals surface area contributed by atoms with Gasteiger partial charge in [0.05, 0.1) is 16.7 Å². The lowest BCUT2D eigenvalue weighted by molar-refractivity contribution is -0.385. The van der Waals surface area contributed by atoms with E-state index in [1.165, 1.54) is 12.1 Å². The van der Waals surface area contributed by atoms with E-state index in [-0.39, 0.29) is 23.5 Å². The van der Waals surface area contributed by atoms with Crippen LogP contribution >= 0.6 is 0 Å². The van der Waals surface area contributed by atoms with Gasteiger partial charge in [0.25, 0.3) is 5.69 Å². The molecule has 7 nitrogen and oxygen atoms in total. The second-order valence-corrected chi connectivity index (χ2v) is 7.58. The van der Waals surface area contributed by atoms with Crippen molar-refractivity contribution in [3.8, 4) is 0 Å². The number of carbonyl (C=O) groups excluding carboxylic acids is 1. The SMILES string of the molecule is CN(c1ccc([N+](=O)[O-])cc1F)[C@@H]1CCCCN(C(=O)OC(C)(C)C)C1. The van der Waals surface area contributed by atoms with E-state index in [0.717, 1.165) is 25.3 Å². The number of ether oxygens (including phenoxy) is 1. The topological polar surface area (TPSA) is 75.9 Å². The fourth-order valence-corrected chi connectivity index (χ4v) is 3.02. The molecule has 0 aliphatic carbocycles. The zero-order valence-electron chi connectivity index (χ0n) is 15.7. The van der Waals surface area contributed by atoms with Gasteiger partial charge in [-0.05, 0) is 46.1 Å². The second kappa shape index (κ2) is 7.88. The van der Waals surface area contributed by atoms with E-state index < -0.39 is 16.3 Å². The minimum atomic E-state index is -0.644. The molecule has 2 rings (SSSR count). The molecule has 144 valence electrons. The van der Waals surface area contributed by atoms with Gasteiger partial charge in [0.15, 0.2) is 5.82 Å². The summed E-state index contributed by atoms with van der Waals surface area (Å²) in [5.74, 6) is -0.644. The monoisotopic (exact) mass is 367 g/mol. The van der Waals surface area contributed by atoms with Crippen molar-refractivity contribution in [2.75, 3.05) is 25.0 Å².